The normalized spacial score (nSPS) is 11.9. The molecule has 0 aliphatic heterocycles. The zero-order chi connectivity index (χ0) is 23.0. The molecule has 1 heterocycles. The van der Waals surface area contributed by atoms with Gasteiger partial charge in [0.1, 0.15) is 4.90 Å². The van der Waals surface area contributed by atoms with Gasteiger partial charge < -0.3 is 0 Å². The van der Waals surface area contributed by atoms with E-state index in [4.69, 9.17) is 0 Å². The largest absolute Gasteiger partial charge is 0.298 e. The molecular weight excluding hydrogens is 438 g/mol. The van der Waals surface area contributed by atoms with Crippen molar-refractivity contribution in [2.75, 3.05) is 11.6 Å². The smallest absolute Gasteiger partial charge is 0.288 e. The second-order valence-corrected chi connectivity index (χ2v) is 10.9. The van der Waals surface area contributed by atoms with Crippen molar-refractivity contribution in [3.05, 3.63) is 69.1 Å². The summed E-state index contributed by atoms with van der Waals surface area (Å²) in [6, 6.07) is 11.3. The SMILES string of the molecule is CC(C)(C)c1ccc(-c2csc(NC(=O)c3ccc(S(C)(=O)=O)c([N+](=O)[O-])c3)n2)cc1. The lowest BCUT2D eigenvalue weighted by atomic mass is 9.86. The van der Waals surface area contributed by atoms with Gasteiger partial charge in [0.15, 0.2) is 15.0 Å². The first-order chi connectivity index (χ1) is 14.4. The molecule has 0 fully saturated rings. The van der Waals surface area contributed by atoms with Crippen molar-refractivity contribution in [1.29, 1.82) is 0 Å². The van der Waals surface area contributed by atoms with Gasteiger partial charge in [-0.25, -0.2) is 13.4 Å². The molecule has 3 aromatic rings. The van der Waals surface area contributed by atoms with Crippen molar-refractivity contribution >= 4 is 37.9 Å². The van der Waals surface area contributed by atoms with E-state index in [2.05, 4.69) is 31.1 Å². The summed E-state index contributed by atoms with van der Waals surface area (Å²) in [6.45, 7) is 6.39. The first-order valence-corrected chi connectivity index (χ1v) is 12.0. The van der Waals surface area contributed by atoms with Gasteiger partial charge in [0.25, 0.3) is 11.6 Å². The zero-order valence-corrected chi connectivity index (χ0v) is 19.0. The lowest BCUT2D eigenvalue weighted by Gasteiger charge is -2.18. The molecule has 0 saturated heterocycles. The third-order valence-corrected chi connectivity index (χ3v) is 6.49. The van der Waals surface area contributed by atoms with Crippen molar-refractivity contribution in [2.24, 2.45) is 0 Å². The van der Waals surface area contributed by atoms with E-state index in [9.17, 15) is 23.3 Å². The molecule has 0 atom stereocenters. The van der Waals surface area contributed by atoms with Crippen LogP contribution in [0.15, 0.2) is 52.7 Å². The highest BCUT2D eigenvalue weighted by Crippen LogP contribution is 2.29. The fourth-order valence-electron chi connectivity index (χ4n) is 2.89. The number of nitrogens with zero attached hydrogens (tertiary/aromatic N) is 2. The quantitative estimate of drug-likeness (QED) is 0.437. The maximum atomic E-state index is 12.5. The number of nitro benzene ring substituents is 1. The number of amides is 1. The van der Waals surface area contributed by atoms with Gasteiger partial charge >= 0.3 is 0 Å². The van der Waals surface area contributed by atoms with Crippen LogP contribution in [0.25, 0.3) is 11.3 Å². The van der Waals surface area contributed by atoms with Crippen LogP contribution < -0.4 is 5.32 Å². The number of carbonyl (C=O) groups excluding carboxylic acids is 1. The Labute approximate surface area is 184 Å². The summed E-state index contributed by atoms with van der Waals surface area (Å²) >= 11 is 1.22. The Bertz CT molecular complexity index is 1260. The monoisotopic (exact) mass is 459 g/mol. The molecule has 0 aliphatic carbocycles. The number of anilines is 1. The summed E-state index contributed by atoms with van der Waals surface area (Å²) in [6.07, 6.45) is 0.875. The number of rotatable bonds is 5. The number of thiazole rings is 1. The molecule has 0 unspecified atom stereocenters. The molecule has 31 heavy (non-hydrogen) atoms. The number of sulfone groups is 1. The van der Waals surface area contributed by atoms with E-state index in [1.165, 1.54) is 23.0 Å². The molecule has 0 spiro atoms. The predicted octanol–water partition coefficient (Wildman–Crippen LogP) is 4.67. The van der Waals surface area contributed by atoms with Gasteiger partial charge in [-0.15, -0.1) is 11.3 Å². The molecule has 0 aliphatic rings. The lowest BCUT2D eigenvalue weighted by Crippen LogP contribution is -2.13. The summed E-state index contributed by atoms with van der Waals surface area (Å²) in [5, 5.41) is 16.0. The van der Waals surface area contributed by atoms with E-state index in [1.807, 2.05) is 24.3 Å². The second kappa shape index (κ2) is 8.20. The maximum absolute atomic E-state index is 12.5. The van der Waals surface area contributed by atoms with Gasteiger partial charge in [-0.1, -0.05) is 45.0 Å². The van der Waals surface area contributed by atoms with Crippen molar-refractivity contribution < 1.29 is 18.1 Å². The number of hydrogen-bond acceptors (Lipinski definition) is 7. The minimum Gasteiger partial charge on any atom is -0.298 e. The summed E-state index contributed by atoms with van der Waals surface area (Å²) in [4.78, 5) is 26.9. The van der Waals surface area contributed by atoms with Crippen LogP contribution in [-0.4, -0.2) is 30.5 Å². The highest BCUT2D eigenvalue weighted by molar-refractivity contribution is 7.90. The summed E-state index contributed by atoms with van der Waals surface area (Å²) in [5.74, 6) is -0.618. The maximum Gasteiger partial charge on any atom is 0.288 e. The van der Waals surface area contributed by atoms with E-state index < -0.39 is 31.3 Å². The molecule has 10 heteroatoms. The Morgan fingerprint density at radius 2 is 1.77 bits per heavy atom. The molecule has 1 N–H and O–H groups in total. The standard InChI is InChI=1S/C21H21N3O5S2/c1-21(2,3)15-8-5-13(6-9-15)16-12-30-20(22-16)23-19(25)14-7-10-18(31(4,28)29)17(11-14)24(26)27/h5-12H,1-4H3,(H,22,23,25). The molecule has 162 valence electrons. The van der Waals surface area contributed by atoms with Gasteiger partial charge in [0.2, 0.25) is 0 Å². The predicted molar refractivity (Wildman–Crippen MR) is 120 cm³/mol. The van der Waals surface area contributed by atoms with Gasteiger partial charge in [0, 0.05) is 28.8 Å². The number of benzene rings is 2. The number of hydrogen-bond donors (Lipinski definition) is 1. The van der Waals surface area contributed by atoms with Crippen molar-refractivity contribution in [2.45, 2.75) is 31.1 Å². The van der Waals surface area contributed by atoms with E-state index >= 15 is 0 Å². The van der Waals surface area contributed by atoms with E-state index in [0.717, 1.165) is 24.0 Å². The van der Waals surface area contributed by atoms with Crippen LogP contribution in [0, 0.1) is 10.1 Å². The Hall–Kier alpha value is -3.11. The third kappa shape index (κ3) is 5.15. The lowest BCUT2D eigenvalue weighted by molar-refractivity contribution is -0.387. The Balaban J connectivity index is 1.82. The zero-order valence-electron chi connectivity index (χ0n) is 17.4. The molecule has 0 saturated carbocycles. The minimum absolute atomic E-state index is 0.0367. The van der Waals surface area contributed by atoms with Crippen molar-refractivity contribution in [1.82, 2.24) is 4.98 Å². The average Bonchev–Trinajstić information content (AvgIpc) is 3.14. The minimum atomic E-state index is -3.80. The summed E-state index contributed by atoms with van der Waals surface area (Å²) in [5.41, 5.74) is 2.14. The van der Waals surface area contributed by atoms with E-state index in [0.29, 0.717) is 10.8 Å². The third-order valence-electron chi connectivity index (χ3n) is 4.59. The molecule has 1 aromatic heterocycles. The van der Waals surface area contributed by atoms with Crippen LogP contribution in [-0.2, 0) is 15.3 Å². The van der Waals surface area contributed by atoms with Gasteiger partial charge in [-0.3, -0.25) is 20.2 Å². The number of nitrogens with one attached hydrogen (secondary N) is 1. The van der Waals surface area contributed by atoms with Gasteiger partial charge in [-0.2, -0.15) is 0 Å². The molecule has 1 amide bonds. The number of aromatic nitrogens is 1. The summed E-state index contributed by atoms with van der Waals surface area (Å²) in [7, 11) is -3.80. The molecule has 0 radical (unpaired) electrons. The summed E-state index contributed by atoms with van der Waals surface area (Å²) < 4.78 is 23.5. The second-order valence-electron chi connectivity index (χ2n) is 8.03. The van der Waals surface area contributed by atoms with Crippen LogP contribution in [0.4, 0.5) is 10.8 Å². The average molecular weight is 460 g/mol. The molecular formula is C21H21N3O5S2. The van der Waals surface area contributed by atoms with Crippen molar-refractivity contribution in [3.8, 4) is 11.3 Å². The Morgan fingerprint density at radius 3 is 2.32 bits per heavy atom. The highest BCUT2D eigenvalue weighted by atomic mass is 32.2. The van der Waals surface area contributed by atoms with Gasteiger partial charge in [0.05, 0.1) is 10.6 Å². The van der Waals surface area contributed by atoms with Crippen molar-refractivity contribution in [3.63, 3.8) is 0 Å². The Kier molecular flexibility index (Phi) is 5.97. The van der Waals surface area contributed by atoms with Crippen LogP contribution in [0.5, 0.6) is 0 Å². The fraction of sp³-hybridized carbons (Fsp3) is 0.238. The van der Waals surface area contributed by atoms with Crippen LogP contribution in [0.2, 0.25) is 0 Å². The van der Waals surface area contributed by atoms with Gasteiger partial charge in [-0.05, 0) is 23.1 Å². The highest BCUT2D eigenvalue weighted by Gasteiger charge is 2.24. The fourth-order valence-corrected chi connectivity index (χ4v) is 4.43. The topological polar surface area (TPSA) is 119 Å². The van der Waals surface area contributed by atoms with Crippen LogP contribution in [0.1, 0.15) is 36.7 Å². The molecule has 2 aromatic carbocycles. The molecule has 3 rings (SSSR count). The van der Waals surface area contributed by atoms with Crippen LogP contribution in [0.3, 0.4) is 0 Å². The van der Waals surface area contributed by atoms with Crippen LogP contribution >= 0.6 is 11.3 Å². The Morgan fingerprint density at radius 1 is 1.13 bits per heavy atom. The first-order valence-electron chi connectivity index (χ1n) is 9.22. The first kappa shape index (κ1) is 22.6. The number of carbonyl (C=O) groups is 1. The molecule has 8 nitrogen and oxygen atoms in total. The number of nitro groups is 1. The molecule has 0 bridgehead atoms. The van der Waals surface area contributed by atoms with E-state index in [1.54, 1.807) is 5.38 Å². The van der Waals surface area contributed by atoms with E-state index in [-0.39, 0.29) is 11.0 Å².